The average Bonchev–Trinajstić information content (AvgIpc) is 1.99. The van der Waals surface area contributed by atoms with E-state index in [1.165, 1.54) is 12.3 Å². The second kappa shape index (κ2) is 3.91. The van der Waals surface area contributed by atoms with Crippen LogP contribution in [0.1, 0.15) is 13.3 Å². The van der Waals surface area contributed by atoms with Crippen molar-refractivity contribution in [3.63, 3.8) is 0 Å². The third-order valence-corrected chi connectivity index (χ3v) is 3.31. The summed E-state index contributed by atoms with van der Waals surface area (Å²) in [4.78, 5) is 10.5. The van der Waals surface area contributed by atoms with Gasteiger partial charge in [-0.15, -0.1) is 0 Å². The molecule has 1 atom stereocenters. The van der Waals surface area contributed by atoms with Gasteiger partial charge in [0.05, 0.1) is 12.4 Å². The first-order chi connectivity index (χ1) is 5.99. The summed E-state index contributed by atoms with van der Waals surface area (Å²) in [5, 5.41) is 1.22. The van der Waals surface area contributed by atoms with Crippen LogP contribution < -0.4 is 0 Å². The number of hydrogen-bond donors (Lipinski definition) is 0. The molecule has 0 amide bonds. The number of esters is 1. The average molecular weight is 204 g/mol. The van der Waals surface area contributed by atoms with E-state index in [-0.39, 0.29) is 24.2 Å². The van der Waals surface area contributed by atoms with Gasteiger partial charge in [0.1, 0.15) is 0 Å². The summed E-state index contributed by atoms with van der Waals surface area (Å²) >= 11 is 0. The van der Waals surface area contributed by atoms with Crippen LogP contribution in [0.5, 0.6) is 0 Å². The first kappa shape index (κ1) is 10.2. The van der Waals surface area contributed by atoms with Crippen LogP contribution >= 0.6 is 0 Å². The van der Waals surface area contributed by atoms with Crippen LogP contribution in [0.25, 0.3) is 0 Å². The molecule has 0 aliphatic carbocycles. The van der Waals surface area contributed by atoms with Crippen molar-refractivity contribution in [2.45, 2.75) is 13.3 Å². The first-order valence-corrected chi connectivity index (χ1v) is 5.74. The topological polar surface area (TPSA) is 60.4 Å². The van der Waals surface area contributed by atoms with Gasteiger partial charge in [-0.3, -0.25) is 4.79 Å². The molecule has 0 aromatic carbocycles. The number of allylic oxidation sites excluding steroid dienone is 1. The van der Waals surface area contributed by atoms with E-state index < -0.39 is 9.84 Å². The molecule has 74 valence electrons. The molecule has 0 radical (unpaired) electrons. The highest BCUT2D eigenvalue weighted by atomic mass is 32.2. The summed E-state index contributed by atoms with van der Waals surface area (Å²) in [6.45, 7) is 1.51. The predicted molar refractivity (Wildman–Crippen MR) is 47.7 cm³/mol. The molecule has 0 aromatic heterocycles. The Hall–Kier alpha value is -0.840. The Kier molecular flexibility index (Phi) is 3.08. The van der Waals surface area contributed by atoms with Gasteiger partial charge in [-0.1, -0.05) is 6.08 Å². The van der Waals surface area contributed by atoms with Crippen LogP contribution in [-0.2, 0) is 19.4 Å². The Morgan fingerprint density at radius 1 is 1.62 bits per heavy atom. The third-order valence-electron chi connectivity index (χ3n) is 1.76. The molecule has 0 aromatic rings. The summed E-state index contributed by atoms with van der Waals surface area (Å²) in [5.41, 5.74) is 0. The van der Waals surface area contributed by atoms with Gasteiger partial charge in [-0.2, -0.15) is 0 Å². The van der Waals surface area contributed by atoms with Crippen LogP contribution in [-0.4, -0.2) is 26.7 Å². The van der Waals surface area contributed by atoms with Gasteiger partial charge in [0.15, 0.2) is 9.84 Å². The minimum Gasteiger partial charge on any atom is -0.466 e. The largest absolute Gasteiger partial charge is 0.466 e. The Labute approximate surface area is 77.5 Å². The summed E-state index contributed by atoms with van der Waals surface area (Å²) in [7, 11) is -3.05. The van der Waals surface area contributed by atoms with Crippen molar-refractivity contribution in [2.75, 3.05) is 12.4 Å². The lowest BCUT2D eigenvalue weighted by Gasteiger charge is -2.16. The third kappa shape index (κ3) is 3.59. The van der Waals surface area contributed by atoms with Crippen LogP contribution in [0.4, 0.5) is 0 Å². The second-order valence-electron chi connectivity index (χ2n) is 3.11. The Balaban J connectivity index is 2.47. The van der Waals surface area contributed by atoms with E-state index in [2.05, 4.69) is 0 Å². The van der Waals surface area contributed by atoms with Crippen LogP contribution in [0, 0.1) is 5.92 Å². The minimum absolute atomic E-state index is 0.0801. The lowest BCUT2D eigenvalue weighted by atomic mass is 10.1. The molecule has 1 aliphatic rings. The molecule has 5 heteroatoms. The van der Waals surface area contributed by atoms with E-state index in [4.69, 9.17) is 4.74 Å². The fraction of sp³-hybridized carbons (Fsp3) is 0.625. The zero-order chi connectivity index (χ0) is 9.90. The van der Waals surface area contributed by atoms with Crippen molar-refractivity contribution in [3.8, 4) is 0 Å². The Bertz CT molecular complexity index is 315. The highest BCUT2D eigenvalue weighted by molar-refractivity contribution is 7.94. The van der Waals surface area contributed by atoms with Crippen molar-refractivity contribution < 1.29 is 17.9 Å². The number of hydrogen-bond acceptors (Lipinski definition) is 4. The first-order valence-electron chi connectivity index (χ1n) is 4.02. The lowest BCUT2D eigenvalue weighted by molar-refractivity contribution is -0.142. The van der Waals surface area contributed by atoms with Crippen LogP contribution in [0.3, 0.4) is 0 Å². The van der Waals surface area contributed by atoms with Crippen molar-refractivity contribution in [1.29, 1.82) is 0 Å². The predicted octanol–water partition coefficient (Wildman–Crippen LogP) is 0.498. The van der Waals surface area contributed by atoms with E-state index in [9.17, 15) is 13.2 Å². The van der Waals surface area contributed by atoms with Gasteiger partial charge < -0.3 is 4.74 Å². The number of rotatable bonds is 2. The summed E-state index contributed by atoms with van der Waals surface area (Å²) in [6, 6.07) is 0. The zero-order valence-electron chi connectivity index (χ0n) is 7.39. The Morgan fingerprint density at radius 3 is 2.85 bits per heavy atom. The molecule has 0 saturated heterocycles. The monoisotopic (exact) mass is 204 g/mol. The molecular formula is C8H12O4S. The zero-order valence-corrected chi connectivity index (χ0v) is 8.21. The smallest absolute Gasteiger partial charge is 0.302 e. The summed E-state index contributed by atoms with van der Waals surface area (Å²) < 4.78 is 26.9. The SMILES string of the molecule is CC(=O)OCC1CC=CS(=O)(=O)C1. The van der Waals surface area contributed by atoms with Crippen molar-refractivity contribution >= 4 is 15.8 Å². The van der Waals surface area contributed by atoms with E-state index in [0.717, 1.165) is 0 Å². The number of carbonyl (C=O) groups excluding carboxylic acids is 1. The van der Waals surface area contributed by atoms with Crippen molar-refractivity contribution in [3.05, 3.63) is 11.5 Å². The fourth-order valence-corrected chi connectivity index (χ4v) is 2.60. The number of ether oxygens (including phenoxy) is 1. The quantitative estimate of drug-likeness (QED) is 0.614. The molecule has 1 unspecified atom stereocenters. The molecule has 0 fully saturated rings. The van der Waals surface area contributed by atoms with Crippen molar-refractivity contribution in [2.24, 2.45) is 5.92 Å². The molecule has 0 saturated carbocycles. The number of carbonyl (C=O) groups is 1. The molecule has 0 bridgehead atoms. The van der Waals surface area contributed by atoms with E-state index >= 15 is 0 Å². The normalized spacial score (nSPS) is 25.5. The van der Waals surface area contributed by atoms with E-state index in [0.29, 0.717) is 6.42 Å². The van der Waals surface area contributed by atoms with Gasteiger partial charge >= 0.3 is 5.97 Å². The van der Waals surface area contributed by atoms with E-state index in [1.807, 2.05) is 0 Å². The second-order valence-corrected chi connectivity index (χ2v) is 5.04. The molecule has 13 heavy (non-hydrogen) atoms. The van der Waals surface area contributed by atoms with Gasteiger partial charge in [-0.05, 0) is 6.42 Å². The highest BCUT2D eigenvalue weighted by Gasteiger charge is 2.21. The maximum Gasteiger partial charge on any atom is 0.302 e. The fourth-order valence-electron chi connectivity index (χ4n) is 1.20. The standard InChI is InChI=1S/C8H12O4S/c1-7(9)12-5-8-3-2-4-13(10,11)6-8/h2,4,8H,3,5-6H2,1H3. The highest BCUT2D eigenvalue weighted by Crippen LogP contribution is 2.15. The maximum atomic E-state index is 11.1. The maximum absolute atomic E-state index is 11.1. The molecule has 1 aliphatic heterocycles. The molecule has 1 rings (SSSR count). The molecule has 0 spiro atoms. The summed E-state index contributed by atoms with van der Waals surface area (Å²) in [5.74, 6) is -0.373. The molecular weight excluding hydrogens is 192 g/mol. The van der Waals surface area contributed by atoms with Crippen molar-refractivity contribution in [1.82, 2.24) is 0 Å². The van der Waals surface area contributed by atoms with Crippen LogP contribution in [0.2, 0.25) is 0 Å². The molecule has 4 nitrogen and oxygen atoms in total. The Morgan fingerprint density at radius 2 is 2.31 bits per heavy atom. The van der Waals surface area contributed by atoms with E-state index in [1.54, 1.807) is 6.08 Å². The van der Waals surface area contributed by atoms with Gasteiger partial charge in [0, 0.05) is 18.2 Å². The molecule has 0 N–H and O–H groups in total. The van der Waals surface area contributed by atoms with Gasteiger partial charge in [-0.25, -0.2) is 8.42 Å². The number of sulfone groups is 1. The lowest BCUT2D eigenvalue weighted by Crippen LogP contribution is -2.23. The van der Waals surface area contributed by atoms with Crippen LogP contribution in [0.15, 0.2) is 11.5 Å². The molecule has 1 heterocycles. The minimum atomic E-state index is -3.05. The van der Waals surface area contributed by atoms with Gasteiger partial charge in [0.2, 0.25) is 0 Å². The summed E-state index contributed by atoms with van der Waals surface area (Å²) in [6.07, 6.45) is 2.26. The van der Waals surface area contributed by atoms with Gasteiger partial charge in [0.25, 0.3) is 0 Å².